The first kappa shape index (κ1) is 16.2. The highest BCUT2D eigenvalue weighted by Crippen LogP contribution is 2.33. The van der Waals surface area contributed by atoms with Gasteiger partial charge in [-0.15, -0.1) is 23.7 Å². The lowest BCUT2D eigenvalue weighted by atomic mass is 9.89. The number of anilines is 1. The minimum atomic E-state index is 0. The van der Waals surface area contributed by atoms with E-state index in [4.69, 9.17) is 0 Å². The van der Waals surface area contributed by atoms with Crippen LogP contribution >= 0.6 is 23.7 Å². The van der Waals surface area contributed by atoms with Gasteiger partial charge in [-0.05, 0) is 57.3 Å². The molecule has 4 rings (SSSR count). The third kappa shape index (κ3) is 3.47. The van der Waals surface area contributed by atoms with E-state index in [9.17, 15) is 4.79 Å². The lowest BCUT2D eigenvalue weighted by Crippen LogP contribution is -2.39. The number of thiazole rings is 1. The van der Waals surface area contributed by atoms with Gasteiger partial charge in [-0.2, -0.15) is 0 Å². The summed E-state index contributed by atoms with van der Waals surface area (Å²) >= 11 is 1.68. The molecule has 2 atom stereocenters. The maximum absolute atomic E-state index is 12.3. The zero-order valence-electron chi connectivity index (χ0n) is 12.8. The Morgan fingerprint density at radius 2 is 1.95 bits per heavy atom. The summed E-state index contributed by atoms with van der Waals surface area (Å²) < 4.78 is 0. The quantitative estimate of drug-likeness (QED) is 0.886. The molecule has 2 saturated heterocycles. The second kappa shape index (κ2) is 6.85. The molecule has 2 bridgehead atoms. The van der Waals surface area contributed by atoms with E-state index < -0.39 is 0 Å². The molecular weight excluding hydrogens is 318 g/mol. The first-order chi connectivity index (χ1) is 10.3. The second-order valence-corrected chi connectivity index (χ2v) is 7.91. The van der Waals surface area contributed by atoms with E-state index in [0.29, 0.717) is 24.4 Å². The van der Waals surface area contributed by atoms with Crippen molar-refractivity contribution in [3.8, 4) is 0 Å². The van der Waals surface area contributed by atoms with Gasteiger partial charge < -0.3 is 10.6 Å². The molecule has 2 fully saturated rings. The molecule has 2 N–H and O–H groups in total. The molecule has 122 valence electrons. The summed E-state index contributed by atoms with van der Waals surface area (Å²) in [7, 11) is 0. The lowest BCUT2D eigenvalue weighted by molar-refractivity contribution is -0.117. The number of carbonyl (C=O) groups is 1. The normalized spacial score (nSPS) is 29.5. The summed E-state index contributed by atoms with van der Waals surface area (Å²) in [5.41, 5.74) is 1.22. The summed E-state index contributed by atoms with van der Waals surface area (Å²) in [5.74, 6) is 0.714. The number of piperidine rings is 1. The van der Waals surface area contributed by atoms with Crippen molar-refractivity contribution >= 4 is 34.8 Å². The van der Waals surface area contributed by atoms with Gasteiger partial charge in [-0.25, -0.2) is 4.98 Å². The van der Waals surface area contributed by atoms with Crippen LogP contribution in [-0.4, -0.2) is 23.0 Å². The van der Waals surface area contributed by atoms with Gasteiger partial charge in [-0.3, -0.25) is 4.79 Å². The zero-order chi connectivity index (χ0) is 14.2. The SMILES string of the molecule is Cl.O=C(CC1CC2CCC(C1)N2)Nc1nc2c(s1)CCCC2. The smallest absolute Gasteiger partial charge is 0.226 e. The minimum absolute atomic E-state index is 0. The van der Waals surface area contributed by atoms with Crippen LogP contribution in [0.2, 0.25) is 0 Å². The summed E-state index contributed by atoms with van der Waals surface area (Å²) in [4.78, 5) is 18.2. The van der Waals surface area contributed by atoms with Crippen molar-refractivity contribution in [2.24, 2.45) is 5.92 Å². The average molecular weight is 342 g/mol. The van der Waals surface area contributed by atoms with Crippen LogP contribution in [0.3, 0.4) is 0 Å². The van der Waals surface area contributed by atoms with Crippen molar-refractivity contribution in [2.45, 2.75) is 69.9 Å². The molecule has 0 radical (unpaired) electrons. The van der Waals surface area contributed by atoms with Crippen LogP contribution in [0.5, 0.6) is 0 Å². The van der Waals surface area contributed by atoms with Gasteiger partial charge in [0.15, 0.2) is 5.13 Å². The summed E-state index contributed by atoms with van der Waals surface area (Å²) in [6, 6.07) is 1.32. The number of nitrogens with one attached hydrogen (secondary N) is 2. The number of carbonyl (C=O) groups excluding carboxylic acids is 1. The van der Waals surface area contributed by atoms with Crippen molar-refractivity contribution in [2.75, 3.05) is 5.32 Å². The van der Waals surface area contributed by atoms with E-state index in [2.05, 4.69) is 15.6 Å². The summed E-state index contributed by atoms with van der Waals surface area (Å²) in [6.45, 7) is 0. The Balaban J connectivity index is 0.00000144. The van der Waals surface area contributed by atoms with Crippen LogP contribution in [0, 0.1) is 5.92 Å². The highest BCUT2D eigenvalue weighted by atomic mass is 35.5. The molecular formula is C16H24ClN3OS. The number of hydrogen-bond donors (Lipinski definition) is 2. The molecule has 22 heavy (non-hydrogen) atoms. The number of amides is 1. The maximum Gasteiger partial charge on any atom is 0.226 e. The van der Waals surface area contributed by atoms with Gasteiger partial charge in [0.25, 0.3) is 0 Å². The Hall–Kier alpha value is -0.650. The van der Waals surface area contributed by atoms with Gasteiger partial charge in [-0.1, -0.05) is 0 Å². The van der Waals surface area contributed by atoms with Gasteiger partial charge in [0.1, 0.15) is 0 Å². The fourth-order valence-electron chi connectivity index (χ4n) is 4.18. The fourth-order valence-corrected chi connectivity index (χ4v) is 5.25. The fraction of sp³-hybridized carbons (Fsp3) is 0.750. The van der Waals surface area contributed by atoms with Crippen LogP contribution in [0.25, 0.3) is 0 Å². The van der Waals surface area contributed by atoms with Crippen molar-refractivity contribution in [1.82, 2.24) is 10.3 Å². The Labute approximate surface area is 141 Å². The number of aromatic nitrogens is 1. The molecule has 1 aromatic heterocycles. The molecule has 4 nitrogen and oxygen atoms in total. The van der Waals surface area contributed by atoms with E-state index in [1.807, 2.05) is 0 Å². The van der Waals surface area contributed by atoms with E-state index in [-0.39, 0.29) is 18.3 Å². The maximum atomic E-state index is 12.3. The molecule has 1 aliphatic carbocycles. The molecule has 1 aromatic rings. The second-order valence-electron chi connectivity index (χ2n) is 6.82. The number of aryl methyl sites for hydroxylation is 2. The third-order valence-corrected chi connectivity index (χ3v) is 6.21. The Bertz CT molecular complexity index is 512. The van der Waals surface area contributed by atoms with Crippen LogP contribution in [0.4, 0.5) is 5.13 Å². The van der Waals surface area contributed by atoms with Crippen LogP contribution in [-0.2, 0) is 17.6 Å². The molecule has 0 aromatic carbocycles. The molecule has 1 amide bonds. The Kier molecular flexibility index (Phi) is 5.05. The standard InChI is InChI=1S/C16H23N3OS.ClH/c20-15(9-10-7-11-5-6-12(8-10)17-11)19-16-18-13-3-1-2-4-14(13)21-16;/h10-12,17H,1-9H2,(H,18,19,20);1H. The van der Waals surface area contributed by atoms with Crippen LogP contribution in [0.15, 0.2) is 0 Å². The zero-order valence-corrected chi connectivity index (χ0v) is 14.4. The minimum Gasteiger partial charge on any atom is -0.311 e. The molecule has 2 aliphatic heterocycles. The first-order valence-electron chi connectivity index (χ1n) is 8.31. The van der Waals surface area contributed by atoms with E-state index >= 15 is 0 Å². The number of fused-ring (bicyclic) bond motifs is 3. The number of nitrogens with zero attached hydrogens (tertiary/aromatic N) is 1. The van der Waals surface area contributed by atoms with Gasteiger partial charge in [0, 0.05) is 23.4 Å². The lowest BCUT2D eigenvalue weighted by Gasteiger charge is -2.28. The number of rotatable bonds is 3. The molecule has 3 heterocycles. The van der Waals surface area contributed by atoms with Crippen molar-refractivity contribution in [1.29, 1.82) is 0 Å². The largest absolute Gasteiger partial charge is 0.311 e. The molecule has 6 heteroatoms. The highest BCUT2D eigenvalue weighted by Gasteiger charge is 2.34. The average Bonchev–Trinajstić information content (AvgIpc) is 3.01. The van der Waals surface area contributed by atoms with E-state index in [1.54, 1.807) is 11.3 Å². The molecule has 3 aliphatic rings. The Morgan fingerprint density at radius 3 is 2.68 bits per heavy atom. The van der Waals surface area contributed by atoms with Gasteiger partial charge >= 0.3 is 0 Å². The first-order valence-corrected chi connectivity index (χ1v) is 9.12. The van der Waals surface area contributed by atoms with Crippen molar-refractivity contribution in [3.63, 3.8) is 0 Å². The molecule has 2 unspecified atom stereocenters. The number of halogens is 1. The summed E-state index contributed by atoms with van der Waals surface area (Å²) in [6.07, 6.45) is 10.3. The Morgan fingerprint density at radius 1 is 1.23 bits per heavy atom. The van der Waals surface area contributed by atoms with Crippen molar-refractivity contribution in [3.05, 3.63) is 10.6 Å². The molecule has 0 saturated carbocycles. The highest BCUT2D eigenvalue weighted by molar-refractivity contribution is 7.15. The number of hydrogen-bond acceptors (Lipinski definition) is 4. The molecule has 0 spiro atoms. The van der Waals surface area contributed by atoms with Crippen LogP contribution in [0.1, 0.15) is 55.5 Å². The van der Waals surface area contributed by atoms with Gasteiger partial charge in [0.05, 0.1) is 5.69 Å². The predicted molar refractivity (Wildman–Crippen MR) is 91.9 cm³/mol. The van der Waals surface area contributed by atoms with E-state index in [1.165, 1.54) is 36.3 Å². The monoisotopic (exact) mass is 341 g/mol. The van der Waals surface area contributed by atoms with Gasteiger partial charge in [0.2, 0.25) is 5.91 Å². The topological polar surface area (TPSA) is 54.0 Å². The van der Waals surface area contributed by atoms with E-state index in [0.717, 1.165) is 30.8 Å². The van der Waals surface area contributed by atoms with Crippen LogP contribution < -0.4 is 10.6 Å². The van der Waals surface area contributed by atoms with Crippen molar-refractivity contribution < 1.29 is 4.79 Å². The predicted octanol–water partition coefficient (Wildman–Crippen LogP) is 3.30. The summed E-state index contributed by atoms with van der Waals surface area (Å²) in [5, 5.41) is 7.50. The third-order valence-electron chi connectivity index (χ3n) is 5.14.